The molecular weight excluding hydrogens is 310 g/mol. The fraction of sp³-hybridized carbons (Fsp3) is 0.571. The van der Waals surface area contributed by atoms with E-state index >= 15 is 0 Å². The zero-order valence-electron chi connectivity index (χ0n) is 12.4. The predicted molar refractivity (Wildman–Crippen MR) is 86.1 cm³/mol. The van der Waals surface area contributed by atoms with Crippen molar-refractivity contribution in [1.82, 2.24) is 5.32 Å². The lowest BCUT2D eigenvalue weighted by Crippen LogP contribution is -2.45. The van der Waals surface area contributed by atoms with Crippen LogP contribution in [0.15, 0.2) is 16.8 Å². The first-order valence-corrected chi connectivity index (χ1v) is 8.69. The Morgan fingerprint density at radius 1 is 1.48 bits per heavy atom. The average Bonchev–Trinajstić information content (AvgIpc) is 2.83. The van der Waals surface area contributed by atoms with Crippen LogP contribution in [0.1, 0.15) is 26.3 Å². The van der Waals surface area contributed by atoms with E-state index in [4.69, 9.17) is 9.84 Å². The molecule has 0 fully saturated rings. The molecule has 1 aromatic rings. The van der Waals surface area contributed by atoms with Gasteiger partial charge >= 0.3 is 12.1 Å². The highest BCUT2D eigenvalue weighted by atomic mass is 32.2. The second-order valence-electron chi connectivity index (χ2n) is 5.49. The molecule has 7 heteroatoms. The van der Waals surface area contributed by atoms with Crippen molar-refractivity contribution in [1.29, 1.82) is 0 Å². The van der Waals surface area contributed by atoms with Crippen LogP contribution in [0.2, 0.25) is 0 Å². The first-order valence-electron chi connectivity index (χ1n) is 6.59. The van der Waals surface area contributed by atoms with E-state index in [1.54, 1.807) is 32.1 Å². The van der Waals surface area contributed by atoms with Crippen LogP contribution in [0.5, 0.6) is 0 Å². The lowest BCUT2D eigenvalue weighted by atomic mass is 10.2. The molecule has 0 radical (unpaired) electrons. The van der Waals surface area contributed by atoms with Crippen LogP contribution in [0.3, 0.4) is 0 Å². The molecule has 0 bridgehead atoms. The topological polar surface area (TPSA) is 75.6 Å². The second-order valence-corrected chi connectivity index (χ2v) is 7.42. The summed E-state index contributed by atoms with van der Waals surface area (Å²) in [7, 11) is 0. The van der Waals surface area contributed by atoms with Gasteiger partial charge in [-0.1, -0.05) is 0 Å². The summed E-state index contributed by atoms with van der Waals surface area (Å²) >= 11 is 3.15. The Bertz CT molecular complexity index is 454. The summed E-state index contributed by atoms with van der Waals surface area (Å²) in [5.41, 5.74) is 0.610. The highest BCUT2D eigenvalue weighted by Gasteiger charge is 2.23. The van der Waals surface area contributed by atoms with E-state index < -0.39 is 23.7 Å². The van der Waals surface area contributed by atoms with E-state index in [2.05, 4.69) is 16.8 Å². The van der Waals surface area contributed by atoms with E-state index in [9.17, 15) is 9.59 Å². The molecular formula is C14H21NO4S2. The van der Waals surface area contributed by atoms with Crippen LogP contribution in [0, 0.1) is 0 Å². The van der Waals surface area contributed by atoms with Crippen molar-refractivity contribution in [2.45, 2.75) is 38.8 Å². The highest BCUT2D eigenvalue weighted by Crippen LogP contribution is 2.12. The predicted octanol–water partition coefficient (Wildman–Crippen LogP) is 3.00. The Labute approximate surface area is 133 Å². The first-order chi connectivity index (χ1) is 9.78. The number of carboxylic acids is 1. The summed E-state index contributed by atoms with van der Waals surface area (Å²) in [6, 6.07) is 1.12. The maximum absolute atomic E-state index is 11.6. The van der Waals surface area contributed by atoms with Crippen LogP contribution in [-0.4, -0.2) is 40.3 Å². The molecule has 2 N–H and O–H groups in total. The monoisotopic (exact) mass is 331 g/mol. The van der Waals surface area contributed by atoms with Crippen LogP contribution >= 0.6 is 23.1 Å². The summed E-state index contributed by atoms with van der Waals surface area (Å²) in [5.74, 6) is 0.0822. The zero-order valence-corrected chi connectivity index (χ0v) is 14.1. The number of carboxylic acid groups (broad SMARTS) is 1. The molecule has 0 aromatic carbocycles. The van der Waals surface area contributed by atoms with Gasteiger partial charge in [0, 0.05) is 5.75 Å². The van der Waals surface area contributed by atoms with Gasteiger partial charge in [0.25, 0.3) is 0 Å². The summed E-state index contributed by atoms with van der Waals surface area (Å²) in [5, 5.41) is 15.6. The van der Waals surface area contributed by atoms with Gasteiger partial charge in [-0.15, -0.1) is 0 Å². The molecule has 0 aliphatic carbocycles. The third-order valence-electron chi connectivity index (χ3n) is 2.39. The molecule has 21 heavy (non-hydrogen) atoms. The summed E-state index contributed by atoms with van der Waals surface area (Å²) < 4.78 is 5.06. The van der Waals surface area contributed by atoms with Gasteiger partial charge in [-0.05, 0) is 55.3 Å². The van der Waals surface area contributed by atoms with E-state index in [1.807, 2.05) is 5.38 Å². The van der Waals surface area contributed by atoms with Gasteiger partial charge in [-0.3, -0.25) is 0 Å². The number of carbonyl (C=O) groups is 2. The lowest BCUT2D eigenvalue weighted by Gasteiger charge is -2.21. The van der Waals surface area contributed by atoms with E-state index in [1.165, 1.54) is 17.3 Å². The molecule has 0 saturated carbocycles. The quantitative estimate of drug-likeness (QED) is 0.751. The molecule has 5 nitrogen and oxygen atoms in total. The van der Waals surface area contributed by atoms with Gasteiger partial charge in [0.2, 0.25) is 0 Å². The average molecular weight is 331 g/mol. The molecule has 0 aliphatic rings. The lowest BCUT2D eigenvalue weighted by molar-refractivity contribution is -0.138. The van der Waals surface area contributed by atoms with Gasteiger partial charge in [0.05, 0.1) is 0 Å². The summed E-state index contributed by atoms with van der Waals surface area (Å²) in [6.07, 6.45) is 0.195. The third-order valence-corrected chi connectivity index (χ3v) is 4.18. The minimum Gasteiger partial charge on any atom is -0.480 e. The summed E-state index contributed by atoms with van der Waals surface area (Å²) in [4.78, 5) is 22.7. The number of hydrogen-bond donors (Lipinski definition) is 2. The molecule has 1 amide bonds. The molecule has 1 heterocycles. The minimum atomic E-state index is -1.05. The summed E-state index contributed by atoms with van der Waals surface area (Å²) in [6.45, 7) is 5.20. The number of thioether (sulfide) groups is 1. The number of amides is 1. The van der Waals surface area contributed by atoms with Crippen LogP contribution < -0.4 is 5.32 Å². The van der Waals surface area contributed by atoms with Crippen molar-refractivity contribution in [3.05, 3.63) is 22.4 Å². The van der Waals surface area contributed by atoms with Gasteiger partial charge in [0.15, 0.2) is 0 Å². The van der Waals surface area contributed by atoms with Crippen LogP contribution in [0.4, 0.5) is 4.79 Å². The Morgan fingerprint density at radius 2 is 2.19 bits per heavy atom. The van der Waals surface area contributed by atoms with E-state index in [-0.39, 0.29) is 0 Å². The van der Waals surface area contributed by atoms with Crippen molar-refractivity contribution in [3.63, 3.8) is 0 Å². The zero-order chi connectivity index (χ0) is 15.9. The smallest absolute Gasteiger partial charge is 0.408 e. The largest absolute Gasteiger partial charge is 0.480 e. The maximum Gasteiger partial charge on any atom is 0.408 e. The van der Waals surface area contributed by atoms with Crippen molar-refractivity contribution in [3.8, 4) is 0 Å². The Hall–Kier alpha value is -1.21. The normalized spacial score (nSPS) is 12.7. The molecule has 1 unspecified atom stereocenters. The number of thiophene rings is 1. The molecule has 1 aromatic heterocycles. The highest BCUT2D eigenvalue weighted by molar-refractivity contribution is 7.99. The number of ether oxygens (including phenoxy) is 1. The Kier molecular flexibility index (Phi) is 7.04. The number of aliphatic carboxylic acids is 1. The van der Waals surface area contributed by atoms with Gasteiger partial charge in [0.1, 0.15) is 11.6 Å². The maximum atomic E-state index is 11.6. The van der Waals surface area contributed by atoms with Crippen molar-refractivity contribution in [2.75, 3.05) is 11.5 Å². The molecule has 0 aliphatic heterocycles. The standard InChI is InChI=1S/C14H21NO4S2/c1-14(2,3)19-13(18)15-11(12(16)17)9-21-7-5-10-4-6-20-8-10/h4,6,8,11H,5,7,9H2,1-3H3,(H,15,18)(H,16,17). The minimum absolute atomic E-state index is 0.318. The number of carbonyl (C=O) groups excluding carboxylic acids is 1. The van der Waals surface area contributed by atoms with E-state index in [0.717, 1.165) is 12.2 Å². The van der Waals surface area contributed by atoms with Gasteiger partial charge in [-0.2, -0.15) is 23.1 Å². The van der Waals surface area contributed by atoms with Crippen LogP contribution in [0.25, 0.3) is 0 Å². The molecule has 118 valence electrons. The number of alkyl carbamates (subject to hydrolysis) is 1. The molecule has 1 atom stereocenters. The molecule has 1 rings (SSSR count). The number of nitrogens with one attached hydrogen (secondary N) is 1. The molecule has 0 spiro atoms. The Morgan fingerprint density at radius 3 is 2.71 bits per heavy atom. The Balaban J connectivity index is 2.32. The first kappa shape index (κ1) is 17.8. The van der Waals surface area contributed by atoms with Gasteiger partial charge in [-0.25, -0.2) is 9.59 Å². The van der Waals surface area contributed by atoms with Gasteiger partial charge < -0.3 is 15.2 Å². The van der Waals surface area contributed by atoms with Crippen molar-refractivity contribution < 1.29 is 19.4 Å². The van der Waals surface area contributed by atoms with Crippen molar-refractivity contribution in [2.24, 2.45) is 0 Å². The van der Waals surface area contributed by atoms with Crippen LogP contribution in [-0.2, 0) is 16.0 Å². The van der Waals surface area contributed by atoms with E-state index in [0.29, 0.717) is 5.75 Å². The number of aryl methyl sites for hydroxylation is 1. The molecule has 0 saturated heterocycles. The third kappa shape index (κ3) is 7.96. The fourth-order valence-electron chi connectivity index (χ4n) is 1.45. The number of rotatable bonds is 7. The SMILES string of the molecule is CC(C)(C)OC(=O)NC(CSCCc1ccsc1)C(=O)O. The fourth-order valence-corrected chi connectivity index (χ4v) is 3.16. The second kappa shape index (κ2) is 8.29. The van der Waals surface area contributed by atoms with Crippen molar-refractivity contribution >= 4 is 35.2 Å². The number of hydrogen-bond acceptors (Lipinski definition) is 5.